The highest BCUT2D eigenvalue weighted by atomic mass is 16.4. The van der Waals surface area contributed by atoms with Gasteiger partial charge in [-0.1, -0.05) is 269 Å². The van der Waals surface area contributed by atoms with E-state index in [2.05, 4.69) is 0 Å². The first-order valence-electron chi connectivity index (χ1n) is 24.2. The van der Waals surface area contributed by atoms with Crippen molar-refractivity contribution in [3.8, 4) is 0 Å². The number of hydrogen-bond acceptors (Lipinski definition) is 2. The van der Waals surface area contributed by atoms with Crippen molar-refractivity contribution in [3.63, 3.8) is 0 Å². The zero-order chi connectivity index (χ0) is 38.4. The Morgan fingerprint density at radius 2 is 0.434 bits per heavy atom. The van der Waals surface area contributed by atoms with Crippen LogP contribution in [0.15, 0.2) is 12.2 Å². The monoisotopic (exact) mass is 747 g/mol. The lowest BCUT2D eigenvalue weighted by atomic mass is 10.0. The van der Waals surface area contributed by atoms with E-state index < -0.39 is 11.9 Å². The fourth-order valence-electron chi connectivity index (χ4n) is 7.97. The van der Waals surface area contributed by atoms with Gasteiger partial charge in [0.2, 0.25) is 0 Å². The second kappa shape index (κ2) is 46.8. The van der Waals surface area contributed by atoms with Crippen molar-refractivity contribution in [2.75, 3.05) is 0 Å². The van der Waals surface area contributed by atoms with Crippen LogP contribution in [-0.4, -0.2) is 22.2 Å². The van der Waals surface area contributed by atoms with Crippen molar-refractivity contribution in [2.45, 2.75) is 289 Å². The number of carboxylic acids is 2. The molecule has 0 amide bonds. The summed E-state index contributed by atoms with van der Waals surface area (Å²) in [6, 6.07) is 0. The number of unbranched alkanes of at least 4 members (excludes halogenated alkanes) is 43. The van der Waals surface area contributed by atoms with Crippen LogP contribution < -0.4 is 0 Å². The minimum absolute atomic E-state index is 0.343. The molecular weight excluding hydrogens is 653 g/mol. The maximum Gasteiger partial charge on any atom is 0.327 e. The summed E-state index contributed by atoms with van der Waals surface area (Å²) >= 11 is 0. The highest BCUT2D eigenvalue weighted by Crippen LogP contribution is 2.18. The van der Waals surface area contributed by atoms with E-state index in [-0.39, 0.29) is 0 Å². The van der Waals surface area contributed by atoms with Crippen molar-refractivity contribution in [3.05, 3.63) is 12.2 Å². The van der Waals surface area contributed by atoms with Gasteiger partial charge in [0.25, 0.3) is 0 Å². The van der Waals surface area contributed by atoms with Crippen LogP contribution >= 0.6 is 0 Å². The molecule has 53 heavy (non-hydrogen) atoms. The molecule has 0 rings (SSSR count). The van der Waals surface area contributed by atoms with E-state index >= 15 is 0 Å². The molecule has 0 aliphatic heterocycles. The molecule has 0 aromatic rings. The largest absolute Gasteiger partial charge is 0.481 e. The lowest BCUT2D eigenvalue weighted by Crippen LogP contribution is -1.93. The summed E-state index contributed by atoms with van der Waals surface area (Å²) in [5.41, 5.74) is 0. The smallest absolute Gasteiger partial charge is 0.327 e. The van der Waals surface area contributed by atoms with Gasteiger partial charge in [-0.3, -0.25) is 4.79 Å². The van der Waals surface area contributed by atoms with E-state index in [0.717, 1.165) is 25.7 Å². The molecule has 0 saturated heterocycles. The van der Waals surface area contributed by atoms with Gasteiger partial charge in [-0.15, -0.1) is 0 Å². The molecular formula is C49H94O4. The first-order valence-corrected chi connectivity index (χ1v) is 24.2. The predicted octanol–water partition coefficient (Wildman–Crippen LogP) is 17.3. The molecule has 0 fully saturated rings. The van der Waals surface area contributed by atoms with Gasteiger partial charge in [-0.25, -0.2) is 4.79 Å². The van der Waals surface area contributed by atoms with Crippen LogP contribution in [0, 0.1) is 0 Å². The lowest BCUT2D eigenvalue weighted by Gasteiger charge is -2.05. The van der Waals surface area contributed by atoms with Gasteiger partial charge in [0.05, 0.1) is 0 Å². The SMILES string of the molecule is O=C(O)C=CCCCCCCCCCCCCCCCCCCCCCCCCCCCCCCCCCCCCCCCCCCCCCC(=O)O. The lowest BCUT2D eigenvalue weighted by molar-refractivity contribution is -0.137. The van der Waals surface area contributed by atoms with Gasteiger partial charge in [0.15, 0.2) is 0 Å². The third-order valence-corrected chi connectivity index (χ3v) is 11.5. The zero-order valence-corrected chi connectivity index (χ0v) is 35.7. The molecule has 0 aliphatic rings. The average molecular weight is 747 g/mol. The Morgan fingerprint density at radius 1 is 0.264 bits per heavy atom. The molecule has 0 aliphatic carbocycles. The van der Waals surface area contributed by atoms with Crippen LogP contribution in [0.5, 0.6) is 0 Å². The van der Waals surface area contributed by atoms with Gasteiger partial charge in [0, 0.05) is 12.5 Å². The second-order valence-electron chi connectivity index (χ2n) is 16.9. The number of carbonyl (C=O) groups is 2. The first-order chi connectivity index (χ1) is 26.1. The van der Waals surface area contributed by atoms with Gasteiger partial charge in [-0.2, -0.15) is 0 Å². The Hall–Kier alpha value is -1.32. The highest BCUT2D eigenvalue weighted by molar-refractivity contribution is 5.79. The summed E-state index contributed by atoms with van der Waals surface area (Å²) in [5, 5.41) is 17.2. The summed E-state index contributed by atoms with van der Waals surface area (Å²) < 4.78 is 0. The summed E-state index contributed by atoms with van der Waals surface area (Å²) in [6.45, 7) is 0. The molecule has 4 nitrogen and oxygen atoms in total. The molecule has 0 spiro atoms. The van der Waals surface area contributed by atoms with Crippen LogP contribution in [-0.2, 0) is 9.59 Å². The summed E-state index contributed by atoms with van der Waals surface area (Å²) in [4.78, 5) is 20.9. The molecule has 314 valence electrons. The minimum atomic E-state index is -0.830. The quantitative estimate of drug-likeness (QED) is 0.0480. The van der Waals surface area contributed by atoms with E-state index in [1.807, 2.05) is 0 Å². The number of rotatable bonds is 47. The summed E-state index contributed by atoms with van der Waals surface area (Å²) in [5.74, 6) is -1.48. The molecule has 4 heteroatoms. The van der Waals surface area contributed by atoms with Crippen LogP contribution in [0.1, 0.15) is 289 Å². The molecule has 2 N–H and O–H groups in total. The van der Waals surface area contributed by atoms with Crippen molar-refractivity contribution in [1.29, 1.82) is 0 Å². The number of carboxylic acid groups (broad SMARTS) is 2. The molecule has 0 radical (unpaired) electrons. The van der Waals surface area contributed by atoms with Gasteiger partial charge in [0.1, 0.15) is 0 Å². The Bertz CT molecular complexity index is 747. The Labute approximate surface area is 331 Å². The number of aliphatic carboxylic acids is 2. The fourth-order valence-corrected chi connectivity index (χ4v) is 7.97. The minimum Gasteiger partial charge on any atom is -0.481 e. The van der Waals surface area contributed by atoms with Crippen LogP contribution in [0.2, 0.25) is 0 Å². The van der Waals surface area contributed by atoms with E-state index in [9.17, 15) is 9.59 Å². The molecule has 0 unspecified atom stereocenters. The molecule has 0 atom stereocenters. The van der Waals surface area contributed by atoms with E-state index in [1.54, 1.807) is 6.08 Å². The normalized spacial score (nSPS) is 11.6. The van der Waals surface area contributed by atoms with Crippen LogP contribution in [0.4, 0.5) is 0 Å². The van der Waals surface area contributed by atoms with E-state index in [1.165, 1.54) is 263 Å². The van der Waals surface area contributed by atoms with Crippen LogP contribution in [0.25, 0.3) is 0 Å². The van der Waals surface area contributed by atoms with Gasteiger partial charge in [-0.05, 0) is 19.3 Å². The molecule has 0 saturated carbocycles. The van der Waals surface area contributed by atoms with Crippen molar-refractivity contribution >= 4 is 11.9 Å². The number of hydrogen-bond donors (Lipinski definition) is 2. The second-order valence-corrected chi connectivity index (χ2v) is 16.9. The van der Waals surface area contributed by atoms with Crippen molar-refractivity contribution in [2.24, 2.45) is 0 Å². The molecule has 0 aromatic carbocycles. The van der Waals surface area contributed by atoms with E-state index in [4.69, 9.17) is 10.2 Å². The van der Waals surface area contributed by atoms with Gasteiger partial charge < -0.3 is 10.2 Å². The average Bonchev–Trinajstić information content (AvgIpc) is 3.14. The molecule has 0 bridgehead atoms. The standard InChI is InChI=1S/C49H94O4/c50-48(51)46-44-42-40-38-36-34-32-30-28-26-24-22-20-18-16-14-12-10-8-6-4-2-1-3-5-7-9-11-13-15-17-19-21-23-25-27-29-31-33-35-37-39-41-43-45-47-49(52)53/h44,46H,1-43,45,47H2,(H,50,51)(H,52,53). The third-order valence-electron chi connectivity index (χ3n) is 11.5. The van der Waals surface area contributed by atoms with E-state index in [0.29, 0.717) is 6.42 Å². The number of allylic oxidation sites excluding steroid dienone is 1. The molecule has 0 aromatic heterocycles. The third kappa shape index (κ3) is 50.7. The first kappa shape index (κ1) is 51.7. The van der Waals surface area contributed by atoms with Gasteiger partial charge >= 0.3 is 11.9 Å². The summed E-state index contributed by atoms with van der Waals surface area (Å²) in [7, 11) is 0. The molecule has 0 heterocycles. The zero-order valence-electron chi connectivity index (χ0n) is 35.7. The Balaban J connectivity index is 3.07. The Kier molecular flexibility index (Phi) is 45.7. The highest BCUT2D eigenvalue weighted by Gasteiger charge is 1.99. The fraction of sp³-hybridized carbons (Fsp3) is 0.918. The Morgan fingerprint density at radius 3 is 0.604 bits per heavy atom. The summed E-state index contributed by atoms with van der Waals surface area (Å²) in [6.07, 6.45) is 64.2. The maximum atomic E-state index is 10.5. The van der Waals surface area contributed by atoms with Crippen molar-refractivity contribution in [1.82, 2.24) is 0 Å². The predicted molar refractivity (Wildman–Crippen MR) is 232 cm³/mol. The van der Waals surface area contributed by atoms with Crippen LogP contribution in [0.3, 0.4) is 0 Å². The topological polar surface area (TPSA) is 74.6 Å². The maximum absolute atomic E-state index is 10.5. The van der Waals surface area contributed by atoms with Crippen molar-refractivity contribution < 1.29 is 19.8 Å².